The first kappa shape index (κ1) is 9.43. The molecule has 4 heteroatoms. The highest BCUT2D eigenvalue weighted by Crippen LogP contribution is 2.27. The topological polar surface area (TPSA) is 54.7 Å². The average molecular weight is 207 g/mol. The molecule has 74 valence electrons. The van der Waals surface area contributed by atoms with Crippen LogP contribution in [0.3, 0.4) is 0 Å². The predicted octanol–water partition coefficient (Wildman–Crippen LogP) is 1.95. The number of thiophene rings is 1. The molecule has 0 unspecified atom stereocenters. The summed E-state index contributed by atoms with van der Waals surface area (Å²) in [5.41, 5.74) is 9.00. The van der Waals surface area contributed by atoms with Crippen molar-refractivity contribution in [1.29, 1.82) is 0 Å². The van der Waals surface area contributed by atoms with Crippen molar-refractivity contribution in [3.8, 4) is 10.6 Å². The maximum atomic E-state index is 5.57. The van der Waals surface area contributed by atoms with Gasteiger partial charge in [0.25, 0.3) is 0 Å². The van der Waals surface area contributed by atoms with E-state index in [-0.39, 0.29) is 0 Å². The molecule has 2 aromatic heterocycles. The van der Waals surface area contributed by atoms with Crippen molar-refractivity contribution in [2.24, 2.45) is 5.73 Å². The van der Waals surface area contributed by atoms with E-state index in [4.69, 9.17) is 5.73 Å². The Balaban J connectivity index is 2.43. The Hall–Kier alpha value is -1.13. The van der Waals surface area contributed by atoms with Crippen LogP contribution in [0.1, 0.15) is 11.3 Å². The van der Waals surface area contributed by atoms with Crippen LogP contribution in [0.2, 0.25) is 0 Å². The van der Waals surface area contributed by atoms with E-state index in [9.17, 15) is 0 Å². The zero-order chi connectivity index (χ0) is 9.97. The van der Waals surface area contributed by atoms with E-state index in [1.165, 1.54) is 10.4 Å². The van der Waals surface area contributed by atoms with Crippen LogP contribution in [0.25, 0.3) is 10.6 Å². The summed E-state index contributed by atoms with van der Waals surface area (Å²) in [6.45, 7) is 2.70. The highest BCUT2D eigenvalue weighted by atomic mass is 32.1. The number of nitrogens with zero attached hydrogens (tertiary/aromatic N) is 1. The minimum atomic E-state index is 0.665. The van der Waals surface area contributed by atoms with Gasteiger partial charge in [0, 0.05) is 11.3 Å². The molecule has 3 nitrogen and oxygen atoms in total. The minimum Gasteiger partial charge on any atom is -0.330 e. The van der Waals surface area contributed by atoms with Crippen LogP contribution in [0.15, 0.2) is 17.5 Å². The van der Waals surface area contributed by atoms with E-state index in [0.717, 1.165) is 17.8 Å². The van der Waals surface area contributed by atoms with E-state index in [0.29, 0.717) is 6.54 Å². The predicted molar refractivity (Wildman–Crippen MR) is 59.4 cm³/mol. The summed E-state index contributed by atoms with van der Waals surface area (Å²) in [6.07, 6.45) is 0.884. The zero-order valence-corrected chi connectivity index (χ0v) is 8.90. The van der Waals surface area contributed by atoms with Gasteiger partial charge in [0.1, 0.15) is 5.69 Å². The Morgan fingerprint density at radius 3 is 3.07 bits per heavy atom. The third kappa shape index (κ3) is 1.58. The Morgan fingerprint density at radius 1 is 1.57 bits per heavy atom. The molecule has 0 spiro atoms. The number of aromatic amines is 1. The van der Waals surface area contributed by atoms with Crippen LogP contribution in [-0.4, -0.2) is 16.7 Å². The first-order valence-corrected chi connectivity index (χ1v) is 5.48. The van der Waals surface area contributed by atoms with Crippen LogP contribution >= 0.6 is 11.3 Å². The van der Waals surface area contributed by atoms with Crippen LogP contribution in [0.5, 0.6) is 0 Å². The van der Waals surface area contributed by atoms with Gasteiger partial charge in [-0.3, -0.25) is 5.10 Å². The maximum Gasteiger partial charge on any atom is 0.105 e. The van der Waals surface area contributed by atoms with Crippen molar-refractivity contribution in [2.45, 2.75) is 13.3 Å². The lowest BCUT2D eigenvalue weighted by atomic mass is 10.1. The molecule has 0 fully saturated rings. The number of H-pyrrole nitrogens is 1. The van der Waals surface area contributed by atoms with Crippen molar-refractivity contribution >= 4 is 11.3 Å². The summed E-state index contributed by atoms with van der Waals surface area (Å²) in [5.74, 6) is 0. The molecule has 0 radical (unpaired) electrons. The van der Waals surface area contributed by atoms with Crippen molar-refractivity contribution in [3.63, 3.8) is 0 Å². The number of aromatic nitrogens is 2. The Kier molecular flexibility index (Phi) is 2.65. The van der Waals surface area contributed by atoms with Gasteiger partial charge in [0.15, 0.2) is 0 Å². The molecule has 2 heterocycles. The van der Waals surface area contributed by atoms with Crippen molar-refractivity contribution in [1.82, 2.24) is 10.2 Å². The first-order chi connectivity index (χ1) is 6.83. The Bertz CT molecular complexity index is 403. The molecule has 0 saturated carbocycles. The highest BCUT2D eigenvalue weighted by molar-refractivity contribution is 7.13. The standard InChI is InChI=1S/C10H13N3S/c1-7-8(4-5-11)10(13-12-7)9-3-2-6-14-9/h2-3,6H,4-5,11H2,1H3,(H,12,13). The Labute approximate surface area is 87.0 Å². The summed E-state index contributed by atoms with van der Waals surface area (Å²) in [4.78, 5) is 1.21. The van der Waals surface area contributed by atoms with Gasteiger partial charge in [-0.1, -0.05) is 6.07 Å². The number of hydrogen-bond acceptors (Lipinski definition) is 3. The normalized spacial score (nSPS) is 10.7. The van der Waals surface area contributed by atoms with Gasteiger partial charge in [0.2, 0.25) is 0 Å². The molecule has 0 aromatic carbocycles. The maximum absolute atomic E-state index is 5.57. The number of hydrogen-bond donors (Lipinski definition) is 2. The second-order valence-electron chi connectivity index (χ2n) is 3.19. The minimum absolute atomic E-state index is 0.665. The third-order valence-corrected chi connectivity index (χ3v) is 3.10. The molecule has 2 rings (SSSR count). The third-order valence-electron chi connectivity index (χ3n) is 2.22. The SMILES string of the molecule is Cc1[nH]nc(-c2cccs2)c1CCN. The van der Waals surface area contributed by atoms with Gasteiger partial charge in [-0.25, -0.2) is 0 Å². The summed E-state index contributed by atoms with van der Waals surface area (Å²) < 4.78 is 0. The van der Waals surface area contributed by atoms with Gasteiger partial charge in [0.05, 0.1) is 4.88 Å². The van der Waals surface area contributed by atoms with Crippen LogP contribution < -0.4 is 5.73 Å². The number of rotatable bonds is 3. The molecule has 14 heavy (non-hydrogen) atoms. The molecule has 0 bridgehead atoms. The highest BCUT2D eigenvalue weighted by Gasteiger charge is 2.11. The lowest BCUT2D eigenvalue weighted by Crippen LogP contribution is -2.03. The molecule has 0 atom stereocenters. The number of nitrogens with one attached hydrogen (secondary N) is 1. The van der Waals surface area contributed by atoms with E-state index >= 15 is 0 Å². The largest absolute Gasteiger partial charge is 0.330 e. The smallest absolute Gasteiger partial charge is 0.105 e. The number of nitrogens with two attached hydrogens (primary N) is 1. The lowest BCUT2D eigenvalue weighted by Gasteiger charge is -1.98. The number of aryl methyl sites for hydroxylation is 1. The first-order valence-electron chi connectivity index (χ1n) is 4.60. The molecular weight excluding hydrogens is 194 g/mol. The van der Waals surface area contributed by atoms with Gasteiger partial charge < -0.3 is 5.73 Å². The van der Waals surface area contributed by atoms with Gasteiger partial charge in [-0.05, 0) is 31.3 Å². The molecular formula is C10H13N3S. The molecule has 0 amide bonds. The fourth-order valence-electron chi connectivity index (χ4n) is 1.52. The van der Waals surface area contributed by atoms with Crippen molar-refractivity contribution in [3.05, 3.63) is 28.8 Å². The van der Waals surface area contributed by atoms with Gasteiger partial charge in [-0.15, -0.1) is 11.3 Å². The van der Waals surface area contributed by atoms with Gasteiger partial charge >= 0.3 is 0 Å². The van der Waals surface area contributed by atoms with E-state index in [1.54, 1.807) is 11.3 Å². The second kappa shape index (κ2) is 3.94. The van der Waals surface area contributed by atoms with Crippen LogP contribution in [-0.2, 0) is 6.42 Å². The molecule has 3 N–H and O–H groups in total. The summed E-state index contributed by atoms with van der Waals surface area (Å²) in [7, 11) is 0. The van der Waals surface area contributed by atoms with Gasteiger partial charge in [-0.2, -0.15) is 5.10 Å². The monoisotopic (exact) mass is 207 g/mol. The summed E-state index contributed by atoms with van der Waals surface area (Å²) in [6, 6.07) is 4.12. The molecule has 0 aliphatic rings. The quantitative estimate of drug-likeness (QED) is 0.808. The summed E-state index contributed by atoms with van der Waals surface area (Å²) >= 11 is 1.71. The van der Waals surface area contributed by atoms with Crippen LogP contribution in [0.4, 0.5) is 0 Å². The average Bonchev–Trinajstić information content (AvgIpc) is 2.77. The van der Waals surface area contributed by atoms with E-state index in [1.807, 2.05) is 13.0 Å². The lowest BCUT2D eigenvalue weighted by molar-refractivity contribution is 0.957. The molecule has 0 aliphatic carbocycles. The summed E-state index contributed by atoms with van der Waals surface area (Å²) in [5, 5.41) is 9.38. The fourth-order valence-corrected chi connectivity index (χ4v) is 2.26. The van der Waals surface area contributed by atoms with E-state index in [2.05, 4.69) is 21.6 Å². The second-order valence-corrected chi connectivity index (χ2v) is 4.14. The van der Waals surface area contributed by atoms with E-state index < -0.39 is 0 Å². The Morgan fingerprint density at radius 2 is 2.43 bits per heavy atom. The van der Waals surface area contributed by atoms with Crippen molar-refractivity contribution < 1.29 is 0 Å². The molecule has 0 aliphatic heterocycles. The van der Waals surface area contributed by atoms with Crippen LogP contribution in [0, 0.1) is 6.92 Å². The zero-order valence-electron chi connectivity index (χ0n) is 8.08. The molecule has 0 saturated heterocycles. The fraction of sp³-hybridized carbons (Fsp3) is 0.300. The molecule has 2 aromatic rings. The van der Waals surface area contributed by atoms with Crippen molar-refractivity contribution in [2.75, 3.05) is 6.54 Å².